The first-order valence-electron chi connectivity index (χ1n) is 5.50. The number of aryl methyl sites for hydroxylation is 1. The number of hydrogen-bond donors (Lipinski definition) is 1. The summed E-state index contributed by atoms with van der Waals surface area (Å²) in [5.41, 5.74) is 8.57. The van der Waals surface area contributed by atoms with Crippen LogP contribution in [0.2, 0.25) is 0 Å². The van der Waals surface area contributed by atoms with Gasteiger partial charge in [-0.1, -0.05) is 0 Å². The first kappa shape index (κ1) is 10.6. The van der Waals surface area contributed by atoms with E-state index >= 15 is 0 Å². The van der Waals surface area contributed by atoms with Gasteiger partial charge >= 0.3 is 0 Å². The second-order valence-corrected chi connectivity index (χ2v) is 4.03. The number of nitrogens with two attached hydrogens (primary N) is 1. The van der Waals surface area contributed by atoms with Crippen molar-refractivity contribution in [1.82, 2.24) is 19.3 Å². The van der Waals surface area contributed by atoms with Crippen LogP contribution in [0.4, 0.5) is 5.95 Å². The molecule has 6 nitrogen and oxygen atoms in total. The van der Waals surface area contributed by atoms with Crippen molar-refractivity contribution in [3.05, 3.63) is 30.6 Å². The molecule has 0 unspecified atom stereocenters. The Bertz CT molecular complexity index is 712. The molecule has 0 aliphatic carbocycles. The number of benzene rings is 1. The van der Waals surface area contributed by atoms with Gasteiger partial charge in [-0.3, -0.25) is 9.25 Å². The monoisotopic (exact) mass is 243 g/mol. The van der Waals surface area contributed by atoms with Gasteiger partial charge in [-0.05, 0) is 12.1 Å². The second kappa shape index (κ2) is 3.76. The van der Waals surface area contributed by atoms with Gasteiger partial charge in [0, 0.05) is 19.3 Å². The fraction of sp³-hybridized carbons (Fsp3) is 0.167. The summed E-state index contributed by atoms with van der Waals surface area (Å²) in [6.45, 7) is 0. The van der Waals surface area contributed by atoms with Crippen LogP contribution in [0.1, 0.15) is 0 Å². The molecule has 0 saturated heterocycles. The largest absolute Gasteiger partial charge is 0.497 e. The lowest BCUT2D eigenvalue weighted by Crippen LogP contribution is -1.99. The Morgan fingerprint density at radius 2 is 2.17 bits per heavy atom. The number of nitrogen functional groups attached to an aromatic ring is 1. The Kier molecular flexibility index (Phi) is 2.22. The van der Waals surface area contributed by atoms with E-state index in [9.17, 15) is 0 Å². The SMILES string of the molecule is COc1ccc2nc(N)n(-c3cnn(C)c3)c2c1. The predicted octanol–water partition coefficient (Wildman–Crippen LogP) is 1.35. The maximum atomic E-state index is 5.96. The van der Waals surface area contributed by atoms with E-state index in [4.69, 9.17) is 10.5 Å². The molecule has 2 N–H and O–H groups in total. The van der Waals surface area contributed by atoms with E-state index in [0.29, 0.717) is 5.95 Å². The number of aromatic nitrogens is 4. The highest BCUT2D eigenvalue weighted by Crippen LogP contribution is 2.26. The van der Waals surface area contributed by atoms with E-state index < -0.39 is 0 Å². The number of fused-ring (bicyclic) bond motifs is 1. The van der Waals surface area contributed by atoms with Gasteiger partial charge in [0.1, 0.15) is 5.75 Å². The zero-order valence-corrected chi connectivity index (χ0v) is 10.2. The predicted molar refractivity (Wildman–Crippen MR) is 68.8 cm³/mol. The standard InChI is InChI=1S/C12H13N5O/c1-16-7-8(6-14-16)17-11-5-9(18-2)3-4-10(11)15-12(17)13/h3-7H,1-2H3,(H2,13,15). The highest BCUT2D eigenvalue weighted by molar-refractivity contribution is 5.82. The number of ether oxygens (including phenoxy) is 1. The lowest BCUT2D eigenvalue weighted by molar-refractivity contribution is 0.415. The molecule has 0 aliphatic rings. The summed E-state index contributed by atoms with van der Waals surface area (Å²) in [6, 6.07) is 5.66. The van der Waals surface area contributed by atoms with Crippen molar-refractivity contribution in [3.63, 3.8) is 0 Å². The normalized spacial score (nSPS) is 11.0. The van der Waals surface area contributed by atoms with Crippen LogP contribution in [-0.4, -0.2) is 26.4 Å². The van der Waals surface area contributed by atoms with Crippen molar-refractivity contribution in [3.8, 4) is 11.4 Å². The number of hydrogen-bond acceptors (Lipinski definition) is 4. The molecule has 3 rings (SSSR count). The van der Waals surface area contributed by atoms with E-state index in [2.05, 4.69) is 10.1 Å². The molecule has 0 amide bonds. The van der Waals surface area contributed by atoms with Gasteiger partial charge in [0.05, 0.1) is 30.0 Å². The quantitative estimate of drug-likeness (QED) is 0.737. The van der Waals surface area contributed by atoms with E-state index in [1.54, 1.807) is 18.0 Å². The van der Waals surface area contributed by atoms with Gasteiger partial charge in [-0.15, -0.1) is 0 Å². The summed E-state index contributed by atoms with van der Waals surface area (Å²) >= 11 is 0. The first-order chi connectivity index (χ1) is 8.69. The molecule has 0 fully saturated rings. The minimum Gasteiger partial charge on any atom is -0.497 e. The van der Waals surface area contributed by atoms with Crippen molar-refractivity contribution in [1.29, 1.82) is 0 Å². The second-order valence-electron chi connectivity index (χ2n) is 4.03. The topological polar surface area (TPSA) is 70.9 Å². The van der Waals surface area contributed by atoms with Crippen molar-refractivity contribution >= 4 is 17.0 Å². The van der Waals surface area contributed by atoms with Crippen LogP contribution in [-0.2, 0) is 7.05 Å². The van der Waals surface area contributed by atoms with Gasteiger partial charge in [0.25, 0.3) is 0 Å². The summed E-state index contributed by atoms with van der Waals surface area (Å²) in [5.74, 6) is 1.21. The zero-order chi connectivity index (χ0) is 12.7. The highest BCUT2D eigenvalue weighted by atomic mass is 16.5. The minimum absolute atomic E-state index is 0.436. The molecule has 3 aromatic rings. The van der Waals surface area contributed by atoms with Crippen LogP contribution in [0.5, 0.6) is 5.75 Å². The van der Waals surface area contributed by atoms with E-state index in [1.165, 1.54) is 0 Å². The van der Waals surface area contributed by atoms with E-state index in [-0.39, 0.29) is 0 Å². The third-order valence-electron chi connectivity index (χ3n) is 2.84. The first-order valence-corrected chi connectivity index (χ1v) is 5.50. The lowest BCUT2D eigenvalue weighted by Gasteiger charge is -2.03. The van der Waals surface area contributed by atoms with Gasteiger partial charge in [0.2, 0.25) is 5.95 Å². The van der Waals surface area contributed by atoms with Crippen LogP contribution in [0.3, 0.4) is 0 Å². The van der Waals surface area contributed by atoms with Crippen LogP contribution in [0.25, 0.3) is 16.7 Å². The van der Waals surface area contributed by atoms with Crippen LogP contribution >= 0.6 is 0 Å². The van der Waals surface area contributed by atoms with E-state index in [0.717, 1.165) is 22.5 Å². The van der Waals surface area contributed by atoms with Crippen molar-refractivity contribution in [2.75, 3.05) is 12.8 Å². The highest BCUT2D eigenvalue weighted by Gasteiger charge is 2.11. The molecular formula is C12H13N5O. The summed E-state index contributed by atoms with van der Waals surface area (Å²) in [6.07, 6.45) is 3.63. The molecule has 18 heavy (non-hydrogen) atoms. The average Bonchev–Trinajstić information content (AvgIpc) is 2.90. The number of imidazole rings is 1. The van der Waals surface area contributed by atoms with Crippen molar-refractivity contribution < 1.29 is 4.74 Å². The molecule has 2 heterocycles. The van der Waals surface area contributed by atoms with Gasteiger partial charge in [-0.2, -0.15) is 5.10 Å². The number of anilines is 1. The third-order valence-corrected chi connectivity index (χ3v) is 2.84. The van der Waals surface area contributed by atoms with Gasteiger partial charge in [-0.25, -0.2) is 4.98 Å². The van der Waals surface area contributed by atoms with Crippen molar-refractivity contribution in [2.45, 2.75) is 0 Å². The summed E-state index contributed by atoms with van der Waals surface area (Å²) in [7, 11) is 3.49. The Hall–Kier alpha value is -2.50. The Balaban J connectivity index is 2.29. The fourth-order valence-corrected chi connectivity index (χ4v) is 2.00. The molecule has 1 aromatic carbocycles. The van der Waals surface area contributed by atoms with Crippen LogP contribution in [0.15, 0.2) is 30.6 Å². The number of nitrogens with zero attached hydrogens (tertiary/aromatic N) is 4. The Morgan fingerprint density at radius 1 is 1.33 bits per heavy atom. The molecule has 0 spiro atoms. The Morgan fingerprint density at radius 3 is 2.83 bits per heavy atom. The molecular weight excluding hydrogens is 230 g/mol. The Labute approximate surface area is 104 Å². The maximum absolute atomic E-state index is 5.96. The molecule has 0 aliphatic heterocycles. The molecule has 6 heteroatoms. The van der Waals surface area contributed by atoms with Gasteiger partial charge in [0.15, 0.2) is 0 Å². The third kappa shape index (κ3) is 1.50. The smallest absolute Gasteiger partial charge is 0.206 e. The zero-order valence-electron chi connectivity index (χ0n) is 10.2. The molecule has 0 bridgehead atoms. The van der Waals surface area contributed by atoms with Crippen LogP contribution < -0.4 is 10.5 Å². The number of rotatable bonds is 2. The van der Waals surface area contributed by atoms with Crippen molar-refractivity contribution in [2.24, 2.45) is 7.05 Å². The maximum Gasteiger partial charge on any atom is 0.206 e. The average molecular weight is 243 g/mol. The molecule has 0 radical (unpaired) electrons. The summed E-state index contributed by atoms with van der Waals surface area (Å²) in [4.78, 5) is 4.32. The fourth-order valence-electron chi connectivity index (χ4n) is 2.00. The minimum atomic E-state index is 0.436. The molecule has 2 aromatic heterocycles. The van der Waals surface area contributed by atoms with Crippen LogP contribution in [0, 0.1) is 0 Å². The number of methoxy groups -OCH3 is 1. The lowest BCUT2D eigenvalue weighted by atomic mass is 10.3. The summed E-state index contributed by atoms with van der Waals surface area (Å²) < 4.78 is 8.80. The molecule has 0 atom stereocenters. The van der Waals surface area contributed by atoms with Gasteiger partial charge < -0.3 is 10.5 Å². The molecule has 92 valence electrons. The summed E-state index contributed by atoms with van der Waals surface area (Å²) in [5, 5.41) is 4.14. The van der Waals surface area contributed by atoms with E-state index in [1.807, 2.05) is 36.0 Å². The molecule has 0 saturated carbocycles.